The van der Waals surface area contributed by atoms with Crippen molar-refractivity contribution in [2.45, 2.75) is 19.9 Å². The van der Waals surface area contributed by atoms with Crippen LogP contribution in [-0.4, -0.2) is 47.6 Å². The molecule has 0 atom stereocenters. The molecular weight excluding hydrogens is 372 g/mol. The number of carboxylic acid groups (broad SMARTS) is 1. The fourth-order valence-electron chi connectivity index (χ4n) is 3.36. The largest absolute Gasteiger partial charge is 0.497 e. The van der Waals surface area contributed by atoms with Crippen LogP contribution in [0, 0.1) is 6.92 Å². The molecule has 2 aromatic carbocycles. The molecule has 0 unspecified atom stereocenters. The van der Waals surface area contributed by atoms with Gasteiger partial charge in [0.2, 0.25) is 5.91 Å². The molecule has 1 heterocycles. The summed E-state index contributed by atoms with van der Waals surface area (Å²) in [6, 6.07) is 11.1. The number of benzene rings is 2. The number of aromatic amines is 1. The summed E-state index contributed by atoms with van der Waals surface area (Å²) in [5.41, 5.74) is 3.64. The number of aliphatic carboxylic acids is 1. The number of aryl methyl sites for hydroxylation is 1. The van der Waals surface area contributed by atoms with E-state index >= 15 is 0 Å². The van der Waals surface area contributed by atoms with Crippen LogP contribution in [0.1, 0.15) is 16.7 Å². The summed E-state index contributed by atoms with van der Waals surface area (Å²) in [5, 5.41) is 10.3. The number of carbonyl (C=O) groups is 2. The zero-order valence-electron chi connectivity index (χ0n) is 16.7. The first kappa shape index (κ1) is 20.3. The third kappa shape index (κ3) is 4.68. The second kappa shape index (κ2) is 8.68. The molecule has 29 heavy (non-hydrogen) atoms. The monoisotopic (exact) mass is 396 g/mol. The van der Waals surface area contributed by atoms with E-state index in [-0.39, 0.29) is 25.4 Å². The number of aromatic nitrogens is 1. The van der Waals surface area contributed by atoms with Crippen molar-refractivity contribution in [3.63, 3.8) is 0 Å². The van der Waals surface area contributed by atoms with Gasteiger partial charge < -0.3 is 24.5 Å². The second-order valence-corrected chi connectivity index (χ2v) is 6.85. The number of para-hydroxylation sites is 1. The van der Waals surface area contributed by atoms with Crippen molar-refractivity contribution in [2.24, 2.45) is 0 Å². The number of H-pyrrole nitrogens is 1. The average molecular weight is 396 g/mol. The number of rotatable bonds is 8. The van der Waals surface area contributed by atoms with E-state index in [1.807, 2.05) is 31.3 Å². The van der Waals surface area contributed by atoms with E-state index in [0.29, 0.717) is 11.5 Å². The molecule has 152 valence electrons. The van der Waals surface area contributed by atoms with Crippen molar-refractivity contribution in [2.75, 3.05) is 20.8 Å². The van der Waals surface area contributed by atoms with E-state index in [1.165, 1.54) is 19.1 Å². The third-order valence-corrected chi connectivity index (χ3v) is 4.81. The summed E-state index contributed by atoms with van der Waals surface area (Å²) in [5.74, 6) is -0.178. The SMILES string of the molecule is COc1cc(CN(CC(=O)O)C(=O)Cc2c[nH]c3c(C)cccc23)cc(OC)c1. The Kier molecular flexibility index (Phi) is 6.07. The molecule has 7 heteroatoms. The van der Waals surface area contributed by atoms with E-state index < -0.39 is 5.97 Å². The lowest BCUT2D eigenvalue weighted by Crippen LogP contribution is -2.36. The van der Waals surface area contributed by atoms with Crippen LogP contribution in [0.3, 0.4) is 0 Å². The minimum atomic E-state index is -1.07. The molecule has 0 saturated heterocycles. The highest BCUT2D eigenvalue weighted by Crippen LogP contribution is 2.25. The predicted octanol–water partition coefficient (Wildman–Crippen LogP) is 3.15. The fourth-order valence-corrected chi connectivity index (χ4v) is 3.36. The smallest absolute Gasteiger partial charge is 0.323 e. The van der Waals surface area contributed by atoms with Crippen LogP contribution in [0.5, 0.6) is 11.5 Å². The topological polar surface area (TPSA) is 91.9 Å². The molecule has 3 rings (SSSR count). The lowest BCUT2D eigenvalue weighted by molar-refractivity contribution is -0.144. The van der Waals surface area contributed by atoms with Crippen molar-refractivity contribution in [1.29, 1.82) is 0 Å². The van der Waals surface area contributed by atoms with Crippen LogP contribution in [-0.2, 0) is 22.6 Å². The van der Waals surface area contributed by atoms with Crippen molar-refractivity contribution in [3.05, 3.63) is 59.3 Å². The zero-order valence-corrected chi connectivity index (χ0v) is 16.7. The van der Waals surface area contributed by atoms with Gasteiger partial charge in [-0.3, -0.25) is 9.59 Å². The molecule has 1 aromatic heterocycles. The Morgan fingerprint density at radius 3 is 2.41 bits per heavy atom. The number of amides is 1. The van der Waals surface area contributed by atoms with Gasteiger partial charge in [-0.1, -0.05) is 18.2 Å². The lowest BCUT2D eigenvalue weighted by atomic mass is 10.1. The van der Waals surface area contributed by atoms with Gasteiger partial charge in [-0.15, -0.1) is 0 Å². The zero-order chi connectivity index (χ0) is 21.0. The highest BCUT2D eigenvalue weighted by Gasteiger charge is 2.20. The summed E-state index contributed by atoms with van der Waals surface area (Å²) in [6.07, 6.45) is 1.92. The molecule has 3 aromatic rings. The Hall–Kier alpha value is -3.48. The molecule has 0 bridgehead atoms. The minimum Gasteiger partial charge on any atom is -0.497 e. The highest BCUT2D eigenvalue weighted by atomic mass is 16.5. The summed E-state index contributed by atoms with van der Waals surface area (Å²) in [7, 11) is 3.08. The van der Waals surface area contributed by atoms with Gasteiger partial charge in [-0.05, 0) is 35.7 Å². The van der Waals surface area contributed by atoms with Gasteiger partial charge in [-0.25, -0.2) is 0 Å². The standard InChI is InChI=1S/C22H24N2O5/c1-14-5-4-6-19-16(11-23-22(14)19)9-20(25)24(13-21(26)27)12-15-7-17(28-2)10-18(8-15)29-3/h4-8,10-11,23H,9,12-13H2,1-3H3,(H,26,27). The van der Waals surface area contributed by atoms with Crippen molar-refractivity contribution < 1.29 is 24.2 Å². The Labute approximate surface area is 168 Å². The maximum absolute atomic E-state index is 13.0. The van der Waals surface area contributed by atoms with Gasteiger partial charge in [-0.2, -0.15) is 0 Å². The minimum absolute atomic E-state index is 0.109. The molecular formula is C22H24N2O5. The van der Waals surface area contributed by atoms with Gasteiger partial charge in [0.25, 0.3) is 0 Å². The number of carbonyl (C=O) groups excluding carboxylic acids is 1. The van der Waals surface area contributed by atoms with E-state index in [0.717, 1.165) is 27.6 Å². The normalized spacial score (nSPS) is 10.7. The van der Waals surface area contributed by atoms with Gasteiger partial charge in [0.15, 0.2) is 0 Å². The molecule has 0 saturated carbocycles. The first-order valence-electron chi connectivity index (χ1n) is 9.18. The number of fused-ring (bicyclic) bond motifs is 1. The molecule has 0 radical (unpaired) electrons. The molecule has 0 spiro atoms. The lowest BCUT2D eigenvalue weighted by Gasteiger charge is -2.21. The molecule has 0 aliphatic heterocycles. The van der Waals surface area contributed by atoms with Crippen LogP contribution >= 0.6 is 0 Å². The summed E-state index contributed by atoms with van der Waals surface area (Å²) in [6.45, 7) is 1.75. The molecule has 0 aliphatic rings. The third-order valence-electron chi connectivity index (χ3n) is 4.81. The number of hydrogen-bond acceptors (Lipinski definition) is 4. The number of carboxylic acids is 1. The van der Waals surface area contributed by atoms with E-state index in [4.69, 9.17) is 9.47 Å². The molecule has 1 amide bonds. The predicted molar refractivity (Wildman–Crippen MR) is 109 cm³/mol. The maximum Gasteiger partial charge on any atom is 0.323 e. The fraction of sp³-hybridized carbons (Fsp3) is 0.273. The number of nitrogens with zero attached hydrogens (tertiary/aromatic N) is 1. The van der Waals surface area contributed by atoms with E-state index in [9.17, 15) is 14.7 Å². The van der Waals surface area contributed by atoms with Gasteiger partial charge >= 0.3 is 5.97 Å². The second-order valence-electron chi connectivity index (χ2n) is 6.85. The Bertz CT molecular complexity index is 1020. The molecule has 0 fully saturated rings. The van der Waals surface area contributed by atoms with E-state index in [1.54, 1.807) is 18.2 Å². The Morgan fingerprint density at radius 1 is 1.10 bits per heavy atom. The summed E-state index contributed by atoms with van der Waals surface area (Å²) in [4.78, 5) is 28.9. The number of hydrogen-bond donors (Lipinski definition) is 2. The van der Waals surface area contributed by atoms with Crippen molar-refractivity contribution >= 4 is 22.8 Å². The van der Waals surface area contributed by atoms with E-state index in [2.05, 4.69) is 4.98 Å². The summed E-state index contributed by atoms with van der Waals surface area (Å²) >= 11 is 0. The first-order valence-corrected chi connectivity index (χ1v) is 9.18. The number of ether oxygens (including phenoxy) is 2. The molecule has 0 aliphatic carbocycles. The van der Waals surface area contributed by atoms with Crippen LogP contribution in [0.4, 0.5) is 0 Å². The number of methoxy groups -OCH3 is 2. The Balaban J connectivity index is 1.85. The van der Waals surface area contributed by atoms with Crippen LogP contribution in [0.15, 0.2) is 42.6 Å². The van der Waals surface area contributed by atoms with Gasteiger partial charge in [0.1, 0.15) is 18.0 Å². The van der Waals surface area contributed by atoms with Crippen molar-refractivity contribution in [1.82, 2.24) is 9.88 Å². The number of nitrogens with one attached hydrogen (secondary N) is 1. The van der Waals surface area contributed by atoms with Crippen LogP contribution in [0.2, 0.25) is 0 Å². The van der Waals surface area contributed by atoms with Crippen LogP contribution in [0.25, 0.3) is 10.9 Å². The van der Waals surface area contributed by atoms with Crippen molar-refractivity contribution in [3.8, 4) is 11.5 Å². The molecule has 7 nitrogen and oxygen atoms in total. The summed E-state index contributed by atoms with van der Waals surface area (Å²) < 4.78 is 10.5. The van der Waals surface area contributed by atoms with Gasteiger partial charge in [0, 0.05) is 29.7 Å². The quantitative estimate of drug-likeness (QED) is 0.610. The maximum atomic E-state index is 13.0. The van der Waals surface area contributed by atoms with Crippen LogP contribution < -0.4 is 9.47 Å². The highest BCUT2D eigenvalue weighted by molar-refractivity contribution is 5.91. The Morgan fingerprint density at radius 2 is 1.79 bits per heavy atom. The molecule has 2 N–H and O–H groups in total. The average Bonchev–Trinajstić information content (AvgIpc) is 3.11. The first-order chi connectivity index (χ1) is 13.9. The van der Waals surface area contributed by atoms with Gasteiger partial charge in [0.05, 0.1) is 20.6 Å².